The summed E-state index contributed by atoms with van der Waals surface area (Å²) >= 11 is 0. The van der Waals surface area contributed by atoms with E-state index in [1.54, 1.807) is 18.2 Å². The van der Waals surface area contributed by atoms with Crippen LogP contribution in [0.5, 0.6) is 0 Å². The van der Waals surface area contributed by atoms with Crippen molar-refractivity contribution in [3.63, 3.8) is 0 Å². The fourth-order valence-electron chi connectivity index (χ4n) is 3.08. The summed E-state index contributed by atoms with van der Waals surface area (Å²) in [6.45, 7) is 4.30. The Morgan fingerprint density at radius 1 is 1.26 bits per heavy atom. The van der Waals surface area contributed by atoms with Gasteiger partial charge in [-0.2, -0.15) is 0 Å². The number of rotatable bonds is 6. The average molecular weight is 320 g/mol. The molecule has 1 aliphatic rings. The number of nitrogens with one attached hydrogen (secondary N) is 1. The van der Waals surface area contributed by atoms with Crippen LogP contribution in [0, 0.1) is 17.8 Å². The van der Waals surface area contributed by atoms with E-state index in [0.29, 0.717) is 24.7 Å². The van der Waals surface area contributed by atoms with Gasteiger partial charge in [-0.1, -0.05) is 44.2 Å². The normalized spacial score (nSPS) is 26.5. The van der Waals surface area contributed by atoms with Gasteiger partial charge in [0.1, 0.15) is 6.02 Å². The highest BCUT2D eigenvalue weighted by atomic mass is 16.4. The lowest BCUT2D eigenvalue weighted by Crippen LogP contribution is -2.45. The van der Waals surface area contributed by atoms with E-state index in [0.717, 1.165) is 12.8 Å². The monoisotopic (exact) mass is 320 g/mol. The van der Waals surface area contributed by atoms with E-state index in [9.17, 15) is 14.7 Å². The molecular formula is C19H27NO3. The Hall–Kier alpha value is -1.84. The summed E-state index contributed by atoms with van der Waals surface area (Å²) in [7, 11) is 0. The molecule has 0 aromatic heterocycles. The molecule has 0 heterocycles. The SMILES string of the molecule is [2H]C(NC(=O)[C@H]1CC[C@H](C(C)C)CC1)(C(=O)O)C([2H])([2H])c1ccccc1. The highest BCUT2D eigenvalue weighted by Crippen LogP contribution is 2.33. The number of carboxylic acid groups (broad SMARTS) is 1. The molecule has 2 rings (SSSR count). The number of carboxylic acids is 1. The topological polar surface area (TPSA) is 66.4 Å². The first-order chi connectivity index (χ1) is 12.1. The van der Waals surface area contributed by atoms with Crippen LogP contribution in [-0.4, -0.2) is 23.0 Å². The first kappa shape index (κ1) is 13.6. The Labute approximate surface area is 142 Å². The number of benzene rings is 1. The minimum atomic E-state index is -2.79. The number of hydrogen-bond acceptors (Lipinski definition) is 2. The summed E-state index contributed by atoms with van der Waals surface area (Å²) in [6.07, 6.45) is 0.473. The van der Waals surface area contributed by atoms with E-state index in [-0.39, 0.29) is 11.5 Å². The number of amides is 1. The molecule has 1 amide bonds. The lowest BCUT2D eigenvalue weighted by atomic mass is 9.76. The molecular weight excluding hydrogens is 290 g/mol. The zero-order valence-corrected chi connectivity index (χ0v) is 13.7. The molecule has 1 atom stereocenters. The molecule has 4 nitrogen and oxygen atoms in total. The highest BCUT2D eigenvalue weighted by molar-refractivity contribution is 5.85. The standard InChI is InChI=1S/C19H27NO3/c1-13(2)15-8-10-16(11-9-15)18(21)20-17(19(22)23)12-14-6-4-3-5-7-14/h3-7,13,15-17H,8-12H2,1-2H3,(H,20,21)(H,22,23)/t15-,16-,17?/i12D2,17D. The molecule has 0 bridgehead atoms. The Bertz CT molecular complexity index is 643. The fourth-order valence-corrected chi connectivity index (χ4v) is 3.08. The second kappa shape index (κ2) is 8.14. The van der Waals surface area contributed by atoms with Crippen LogP contribution in [0.4, 0.5) is 0 Å². The second-order valence-electron chi connectivity index (χ2n) is 6.52. The van der Waals surface area contributed by atoms with Gasteiger partial charge in [-0.25, -0.2) is 4.79 Å². The molecule has 23 heavy (non-hydrogen) atoms. The van der Waals surface area contributed by atoms with Crippen molar-refractivity contribution in [2.75, 3.05) is 0 Å². The maximum absolute atomic E-state index is 12.6. The van der Waals surface area contributed by atoms with Crippen molar-refractivity contribution in [3.8, 4) is 0 Å². The molecule has 1 aliphatic carbocycles. The molecule has 1 saturated carbocycles. The summed E-state index contributed by atoms with van der Waals surface area (Å²) in [6, 6.07) is 4.88. The summed E-state index contributed by atoms with van der Waals surface area (Å²) in [5, 5.41) is 11.7. The lowest BCUT2D eigenvalue weighted by Gasteiger charge is -2.30. The van der Waals surface area contributed by atoms with Crippen LogP contribution in [0.25, 0.3) is 0 Å². The maximum atomic E-state index is 12.6. The molecule has 4 heteroatoms. The molecule has 1 unspecified atom stereocenters. The Morgan fingerprint density at radius 2 is 1.87 bits per heavy atom. The average Bonchev–Trinajstić information content (AvgIpc) is 2.62. The highest BCUT2D eigenvalue weighted by Gasteiger charge is 2.30. The van der Waals surface area contributed by atoms with Crippen molar-refractivity contribution < 1.29 is 18.8 Å². The van der Waals surface area contributed by atoms with Crippen LogP contribution in [0.3, 0.4) is 0 Å². The smallest absolute Gasteiger partial charge is 0.326 e. The number of aliphatic carboxylic acids is 1. The van der Waals surface area contributed by atoms with E-state index in [4.69, 9.17) is 4.11 Å². The van der Waals surface area contributed by atoms with E-state index in [1.165, 1.54) is 12.1 Å². The summed E-state index contributed by atoms with van der Waals surface area (Å²) < 4.78 is 24.7. The molecule has 0 saturated heterocycles. The van der Waals surface area contributed by atoms with Crippen LogP contribution >= 0.6 is 0 Å². The molecule has 1 aromatic rings. The lowest BCUT2D eigenvalue weighted by molar-refractivity contribution is -0.142. The van der Waals surface area contributed by atoms with Crippen molar-refractivity contribution in [1.82, 2.24) is 5.32 Å². The largest absolute Gasteiger partial charge is 0.480 e. The van der Waals surface area contributed by atoms with E-state index in [1.807, 2.05) is 0 Å². The fraction of sp³-hybridized carbons (Fsp3) is 0.579. The van der Waals surface area contributed by atoms with Crippen molar-refractivity contribution in [2.45, 2.75) is 51.9 Å². The van der Waals surface area contributed by atoms with Crippen molar-refractivity contribution >= 4 is 11.9 Å². The molecule has 0 aliphatic heterocycles. The zero-order valence-electron chi connectivity index (χ0n) is 16.7. The second-order valence-corrected chi connectivity index (χ2v) is 6.52. The molecule has 0 radical (unpaired) electrons. The summed E-state index contributed by atoms with van der Waals surface area (Å²) in [5.41, 5.74) is 0.0428. The van der Waals surface area contributed by atoms with Gasteiger partial charge >= 0.3 is 5.97 Å². The Morgan fingerprint density at radius 3 is 2.39 bits per heavy atom. The zero-order chi connectivity index (χ0) is 19.5. The van der Waals surface area contributed by atoms with Crippen LogP contribution < -0.4 is 5.32 Å². The van der Waals surface area contributed by atoms with Crippen molar-refractivity contribution in [1.29, 1.82) is 0 Å². The van der Waals surface area contributed by atoms with Gasteiger partial charge in [0, 0.05) is 15.0 Å². The van der Waals surface area contributed by atoms with Crippen LogP contribution in [0.1, 0.15) is 49.2 Å². The molecule has 1 aromatic carbocycles. The van der Waals surface area contributed by atoms with Crippen LogP contribution in [-0.2, 0) is 16.0 Å². The van der Waals surface area contributed by atoms with Gasteiger partial charge in [0.05, 0.1) is 1.37 Å². The van der Waals surface area contributed by atoms with Gasteiger partial charge in [0.25, 0.3) is 0 Å². The van der Waals surface area contributed by atoms with E-state index in [2.05, 4.69) is 19.2 Å². The number of carbonyl (C=O) groups is 2. The molecule has 2 N–H and O–H groups in total. The number of carbonyl (C=O) groups excluding carboxylic acids is 1. The predicted octanol–water partition coefficient (Wildman–Crippen LogP) is 3.26. The molecule has 1 fully saturated rings. The first-order valence-corrected chi connectivity index (χ1v) is 8.20. The predicted molar refractivity (Wildman–Crippen MR) is 90.0 cm³/mol. The van der Waals surface area contributed by atoms with Crippen LogP contribution in [0.2, 0.25) is 0 Å². The minimum absolute atomic E-state index is 0.0428. The Kier molecular flexibility index (Phi) is 4.81. The summed E-state index contributed by atoms with van der Waals surface area (Å²) in [5.74, 6) is -1.55. The number of hydrogen-bond donors (Lipinski definition) is 2. The van der Waals surface area contributed by atoms with Gasteiger partial charge < -0.3 is 10.4 Å². The molecule has 126 valence electrons. The van der Waals surface area contributed by atoms with E-state index < -0.39 is 24.3 Å². The Balaban J connectivity index is 2.17. The maximum Gasteiger partial charge on any atom is 0.326 e. The van der Waals surface area contributed by atoms with Gasteiger partial charge in [0.15, 0.2) is 0 Å². The third-order valence-corrected chi connectivity index (χ3v) is 4.59. The quantitative estimate of drug-likeness (QED) is 0.845. The van der Waals surface area contributed by atoms with Gasteiger partial charge in [-0.3, -0.25) is 4.79 Å². The third kappa shape index (κ3) is 5.08. The van der Waals surface area contributed by atoms with Crippen molar-refractivity contribution in [3.05, 3.63) is 35.9 Å². The minimum Gasteiger partial charge on any atom is -0.480 e. The van der Waals surface area contributed by atoms with E-state index >= 15 is 0 Å². The molecule has 0 spiro atoms. The van der Waals surface area contributed by atoms with Crippen LogP contribution in [0.15, 0.2) is 30.3 Å². The van der Waals surface area contributed by atoms with Crippen molar-refractivity contribution in [2.24, 2.45) is 17.8 Å². The van der Waals surface area contributed by atoms with Gasteiger partial charge in [-0.15, -0.1) is 0 Å². The van der Waals surface area contributed by atoms with Gasteiger partial charge in [-0.05, 0) is 43.1 Å². The first-order valence-electron chi connectivity index (χ1n) is 9.70. The third-order valence-electron chi connectivity index (χ3n) is 4.59. The van der Waals surface area contributed by atoms with Gasteiger partial charge in [0.2, 0.25) is 5.91 Å². The summed E-state index contributed by atoms with van der Waals surface area (Å²) in [4.78, 5) is 24.4.